The number of halogens is 2. The molecule has 0 aliphatic carbocycles. The van der Waals surface area contributed by atoms with E-state index in [1.807, 2.05) is 54.6 Å². The number of fused-ring (bicyclic) bond motifs is 2. The van der Waals surface area contributed by atoms with E-state index >= 15 is 0 Å². The van der Waals surface area contributed by atoms with E-state index in [0.717, 1.165) is 45.8 Å². The first kappa shape index (κ1) is 36.9. The van der Waals surface area contributed by atoms with E-state index in [1.54, 1.807) is 18.2 Å². The van der Waals surface area contributed by atoms with Crippen molar-refractivity contribution >= 4 is 61.7 Å². The van der Waals surface area contributed by atoms with Crippen LogP contribution < -0.4 is 14.9 Å². The molecule has 2 N–H and O–H groups in total. The third-order valence-electron chi connectivity index (χ3n) is 9.40. The van der Waals surface area contributed by atoms with Gasteiger partial charge in [0, 0.05) is 34.6 Å². The van der Waals surface area contributed by atoms with Crippen molar-refractivity contribution in [3.05, 3.63) is 116 Å². The molecule has 0 aromatic heterocycles. The third kappa shape index (κ3) is 8.98. The monoisotopic (exact) mass is 815 g/mol. The van der Waals surface area contributed by atoms with Crippen molar-refractivity contribution in [2.75, 3.05) is 26.4 Å². The Hall–Kier alpha value is -3.83. The van der Waals surface area contributed by atoms with Crippen LogP contribution in [0.1, 0.15) is 59.2 Å². The highest BCUT2D eigenvalue weighted by Gasteiger charge is 2.43. The van der Waals surface area contributed by atoms with E-state index < -0.39 is 7.12 Å². The standard InChI is InChI=1S/C19H17BrO3.C13H13BrO3.C7H6BNO2/c20-15-3-1-2-13(10-15)14-4-5-18-16(11-14)17(21)12-19(23-18)6-8-22-9-7-19;14-9-1-2-12-10(7-9)11(15)8-13(17-12)3-5-16-6-4-13;1-9-7-4-2-3-6(5-7)8(10)11/h1-5,10-11H,6-9,12H2;1-2,7H,3-6,8H2;2-5,10-11H. The average Bonchev–Trinajstić information content (AvgIpc) is 3.13. The fraction of sp³-hybridized carbons (Fsp3) is 0.308. The number of Topliss-reactive ketones (excluding diaryl/α,β-unsaturated/α-hetero) is 2. The Labute approximate surface area is 314 Å². The van der Waals surface area contributed by atoms with Crippen molar-refractivity contribution in [3.63, 3.8) is 0 Å². The van der Waals surface area contributed by atoms with Gasteiger partial charge in [-0.3, -0.25) is 9.59 Å². The predicted octanol–water partition coefficient (Wildman–Crippen LogP) is 7.51. The van der Waals surface area contributed by atoms with Crippen molar-refractivity contribution in [2.45, 2.75) is 49.7 Å². The summed E-state index contributed by atoms with van der Waals surface area (Å²) in [5.74, 6) is 1.77. The summed E-state index contributed by atoms with van der Waals surface area (Å²) < 4.78 is 25.0. The first-order chi connectivity index (χ1) is 24.6. The number of carbonyl (C=O) groups is 2. The van der Waals surface area contributed by atoms with Crippen molar-refractivity contribution in [1.29, 1.82) is 0 Å². The molecule has 0 unspecified atom stereocenters. The van der Waals surface area contributed by atoms with Gasteiger partial charge in [-0.15, -0.1) is 0 Å². The minimum atomic E-state index is -1.49. The smallest absolute Gasteiger partial charge is 0.486 e. The van der Waals surface area contributed by atoms with E-state index in [9.17, 15) is 9.59 Å². The van der Waals surface area contributed by atoms with Crippen LogP contribution in [0, 0.1) is 6.57 Å². The Morgan fingerprint density at radius 1 is 0.647 bits per heavy atom. The maximum absolute atomic E-state index is 12.7. The Balaban J connectivity index is 0.000000141. The molecule has 4 aliphatic heterocycles. The van der Waals surface area contributed by atoms with Gasteiger partial charge in [-0.05, 0) is 59.1 Å². The van der Waals surface area contributed by atoms with Crippen molar-refractivity contribution < 1.29 is 38.6 Å². The van der Waals surface area contributed by atoms with Gasteiger partial charge in [-0.25, -0.2) is 4.85 Å². The maximum atomic E-state index is 12.7. The molecule has 51 heavy (non-hydrogen) atoms. The summed E-state index contributed by atoms with van der Waals surface area (Å²) in [4.78, 5) is 28.0. The van der Waals surface area contributed by atoms with Gasteiger partial charge in [0.1, 0.15) is 22.7 Å². The number of carbonyl (C=O) groups excluding carboxylic acids is 2. The second-order valence-electron chi connectivity index (χ2n) is 12.9. The van der Waals surface area contributed by atoms with Crippen LogP contribution in [0.3, 0.4) is 0 Å². The highest BCUT2D eigenvalue weighted by atomic mass is 79.9. The molecule has 0 bridgehead atoms. The Bertz CT molecular complexity index is 1950. The zero-order chi connectivity index (χ0) is 36.0. The lowest BCUT2D eigenvalue weighted by Crippen LogP contribution is -2.46. The molecule has 2 fully saturated rings. The van der Waals surface area contributed by atoms with Gasteiger partial charge in [0.2, 0.25) is 0 Å². The number of ether oxygens (including phenoxy) is 4. The second-order valence-corrected chi connectivity index (χ2v) is 14.8. The van der Waals surface area contributed by atoms with Crippen LogP contribution in [0.4, 0.5) is 5.69 Å². The summed E-state index contributed by atoms with van der Waals surface area (Å²) >= 11 is 6.87. The first-order valence-corrected chi connectivity index (χ1v) is 18.3. The molecule has 262 valence electrons. The van der Waals surface area contributed by atoms with E-state index in [2.05, 4.69) is 42.8 Å². The molecular weight excluding hydrogens is 781 g/mol. The lowest BCUT2D eigenvalue weighted by Gasteiger charge is -2.40. The fourth-order valence-corrected chi connectivity index (χ4v) is 7.37. The highest BCUT2D eigenvalue weighted by Crippen LogP contribution is 2.41. The SMILES string of the molecule is O=C1CC2(CCOCC2)Oc2ccc(-c3cccc(Br)c3)cc21.O=C1CC2(CCOCC2)Oc2ccc(Br)cc21.[C-]#[N+]c1cccc(B(O)O)c1. The predicted molar refractivity (Wildman–Crippen MR) is 201 cm³/mol. The van der Waals surface area contributed by atoms with Crippen LogP contribution in [0.15, 0.2) is 93.9 Å². The van der Waals surface area contributed by atoms with Crippen LogP contribution >= 0.6 is 31.9 Å². The Morgan fingerprint density at radius 3 is 1.75 bits per heavy atom. The molecule has 0 amide bonds. The molecule has 4 aromatic rings. The number of hydrogen-bond acceptors (Lipinski definition) is 8. The minimum absolute atomic E-state index is 0.171. The molecule has 4 aliphatic rings. The molecule has 2 saturated heterocycles. The molecule has 2 spiro atoms. The molecule has 0 atom stereocenters. The molecule has 4 aromatic carbocycles. The van der Waals surface area contributed by atoms with Gasteiger partial charge >= 0.3 is 7.12 Å². The Morgan fingerprint density at radius 2 is 1.18 bits per heavy atom. The molecule has 4 heterocycles. The quantitative estimate of drug-likeness (QED) is 0.158. The molecule has 0 saturated carbocycles. The largest absolute Gasteiger partial charge is 0.487 e. The summed E-state index contributed by atoms with van der Waals surface area (Å²) in [5.41, 5.74) is 3.58. The minimum Gasteiger partial charge on any atom is -0.486 e. The van der Waals surface area contributed by atoms with Crippen molar-refractivity contribution in [3.8, 4) is 22.6 Å². The van der Waals surface area contributed by atoms with E-state index in [-0.39, 0.29) is 22.8 Å². The number of benzene rings is 4. The van der Waals surface area contributed by atoms with Crippen LogP contribution in [-0.4, -0.2) is 66.4 Å². The molecule has 0 radical (unpaired) electrons. The normalized spacial score (nSPS) is 17.9. The summed E-state index contributed by atoms with van der Waals surface area (Å²) in [6.07, 6.45) is 4.09. The first-order valence-electron chi connectivity index (χ1n) is 16.7. The average molecular weight is 817 g/mol. The third-order valence-corrected chi connectivity index (χ3v) is 10.4. The second kappa shape index (κ2) is 16.2. The summed E-state index contributed by atoms with van der Waals surface area (Å²) in [6, 6.07) is 25.8. The molecule has 9 nitrogen and oxygen atoms in total. The number of nitrogens with zero attached hydrogens (tertiary/aromatic N) is 1. The van der Waals surface area contributed by atoms with Gasteiger partial charge < -0.3 is 29.0 Å². The highest BCUT2D eigenvalue weighted by molar-refractivity contribution is 9.10. The summed E-state index contributed by atoms with van der Waals surface area (Å²) in [5, 5.41) is 17.4. The lowest BCUT2D eigenvalue weighted by atomic mass is 9.80. The maximum Gasteiger partial charge on any atom is 0.487 e. The van der Waals surface area contributed by atoms with Crippen LogP contribution in [0.5, 0.6) is 11.5 Å². The van der Waals surface area contributed by atoms with Crippen LogP contribution in [0.2, 0.25) is 0 Å². The molecule has 12 heteroatoms. The number of rotatable bonds is 2. The van der Waals surface area contributed by atoms with E-state index in [0.29, 0.717) is 73.0 Å². The molecular formula is C39H36BBr2NO8. The van der Waals surface area contributed by atoms with Gasteiger partial charge in [0.05, 0.1) is 57.0 Å². The number of ketones is 2. The van der Waals surface area contributed by atoms with Crippen molar-refractivity contribution in [2.24, 2.45) is 0 Å². The fourth-order valence-electron chi connectivity index (χ4n) is 6.61. The Kier molecular flexibility index (Phi) is 11.8. The lowest BCUT2D eigenvalue weighted by molar-refractivity contribution is -0.0510. The van der Waals surface area contributed by atoms with Crippen LogP contribution in [0.25, 0.3) is 16.0 Å². The number of hydrogen-bond donors (Lipinski definition) is 2. The summed E-state index contributed by atoms with van der Waals surface area (Å²) in [7, 11) is -1.49. The topological polar surface area (TPSA) is 116 Å². The van der Waals surface area contributed by atoms with Crippen molar-refractivity contribution in [1.82, 2.24) is 0 Å². The summed E-state index contributed by atoms with van der Waals surface area (Å²) in [6.45, 7) is 9.33. The van der Waals surface area contributed by atoms with E-state index in [1.165, 1.54) is 6.07 Å². The van der Waals surface area contributed by atoms with Gasteiger partial charge in [-0.1, -0.05) is 74.3 Å². The van der Waals surface area contributed by atoms with Gasteiger partial charge in [0.25, 0.3) is 0 Å². The van der Waals surface area contributed by atoms with Gasteiger partial charge in [0.15, 0.2) is 17.3 Å². The van der Waals surface area contributed by atoms with Gasteiger partial charge in [-0.2, -0.15) is 0 Å². The van der Waals surface area contributed by atoms with E-state index in [4.69, 9.17) is 35.6 Å². The zero-order valence-corrected chi connectivity index (χ0v) is 31.0. The van der Waals surface area contributed by atoms with Crippen LogP contribution in [-0.2, 0) is 9.47 Å². The zero-order valence-electron chi connectivity index (χ0n) is 27.8. The molecule has 8 rings (SSSR count).